The number of rotatable bonds is 12. The first kappa shape index (κ1) is 16.8. The van der Waals surface area contributed by atoms with Crippen LogP contribution in [0.2, 0.25) is 0 Å². The van der Waals surface area contributed by atoms with Gasteiger partial charge in [-0.2, -0.15) is 0 Å². The third-order valence-electron chi connectivity index (χ3n) is 1.21. The van der Waals surface area contributed by atoms with E-state index in [0.717, 1.165) is 0 Å². The zero-order valence-electron chi connectivity index (χ0n) is 8.94. The fourth-order valence-electron chi connectivity index (χ4n) is 0.667. The van der Waals surface area contributed by atoms with Gasteiger partial charge in [-0.1, -0.05) is 0 Å². The summed E-state index contributed by atoms with van der Waals surface area (Å²) in [5, 5.41) is 8.47. The summed E-state index contributed by atoms with van der Waals surface area (Å²) in [5.41, 5.74) is 0. The quantitative estimate of drug-likeness (QED) is 0.338. The highest BCUT2D eigenvalue weighted by Crippen LogP contribution is 2.39. The molecule has 0 heterocycles. The molecule has 1 N–H and O–H groups in total. The SMILES string of the molecule is OCCOCCOP(OCCCl)OCCCl. The molecule has 0 aromatic heterocycles. The molecule has 0 amide bonds. The molecule has 0 unspecified atom stereocenters. The molecule has 5 nitrogen and oxygen atoms in total. The van der Waals surface area contributed by atoms with Gasteiger partial charge in [0.15, 0.2) is 0 Å². The van der Waals surface area contributed by atoms with Crippen molar-refractivity contribution in [3.63, 3.8) is 0 Å². The molecule has 0 bridgehead atoms. The highest BCUT2D eigenvalue weighted by Gasteiger charge is 2.11. The number of alkyl halides is 2. The van der Waals surface area contributed by atoms with Crippen LogP contribution in [0.15, 0.2) is 0 Å². The number of ether oxygens (including phenoxy) is 1. The first-order valence-electron chi connectivity index (χ1n) is 4.84. The van der Waals surface area contributed by atoms with Crippen molar-refractivity contribution in [1.29, 1.82) is 0 Å². The molecule has 0 spiro atoms. The van der Waals surface area contributed by atoms with Crippen LogP contribution in [0.1, 0.15) is 0 Å². The van der Waals surface area contributed by atoms with Crippen molar-refractivity contribution < 1.29 is 23.4 Å². The Morgan fingerprint density at radius 2 is 1.38 bits per heavy atom. The van der Waals surface area contributed by atoms with Crippen LogP contribution >= 0.6 is 31.8 Å². The predicted molar refractivity (Wildman–Crippen MR) is 64.1 cm³/mol. The molecule has 8 heteroatoms. The van der Waals surface area contributed by atoms with Gasteiger partial charge in [-0.3, -0.25) is 0 Å². The Morgan fingerprint density at radius 1 is 0.812 bits per heavy atom. The maximum absolute atomic E-state index is 8.47. The largest absolute Gasteiger partial charge is 0.394 e. The van der Waals surface area contributed by atoms with Crippen molar-refractivity contribution in [2.45, 2.75) is 0 Å². The maximum atomic E-state index is 8.47. The van der Waals surface area contributed by atoms with E-state index in [1.165, 1.54) is 0 Å². The Balaban J connectivity index is 3.48. The molecule has 0 saturated carbocycles. The van der Waals surface area contributed by atoms with Gasteiger partial charge < -0.3 is 23.4 Å². The van der Waals surface area contributed by atoms with Crippen molar-refractivity contribution >= 4 is 31.8 Å². The Bertz CT molecular complexity index is 136. The Kier molecular flexibility index (Phi) is 14.6. The zero-order chi connectivity index (χ0) is 12.1. The molecular formula is C8H17Cl2O5P. The lowest BCUT2D eigenvalue weighted by Gasteiger charge is -2.15. The Hall–Kier alpha value is 0.810. The Morgan fingerprint density at radius 3 is 1.88 bits per heavy atom. The highest BCUT2D eigenvalue weighted by molar-refractivity contribution is 7.41. The van der Waals surface area contributed by atoms with Gasteiger partial charge in [0, 0.05) is 11.8 Å². The summed E-state index contributed by atoms with van der Waals surface area (Å²) in [6, 6.07) is 0. The van der Waals surface area contributed by atoms with Crippen LogP contribution in [0.4, 0.5) is 0 Å². The van der Waals surface area contributed by atoms with Gasteiger partial charge in [0.2, 0.25) is 0 Å². The normalized spacial score (nSPS) is 11.2. The van der Waals surface area contributed by atoms with Gasteiger partial charge in [0.25, 0.3) is 0 Å². The van der Waals surface area contributed by atoms with Gasteiger partial charge in [-0.05, 0) is 0 Å². The molecule has 0 fully saturated rings. The van der Waals surface area contributed by atoms with Crippen molar-refractivity contribution in [3.05, 3.63) is 0 Å². The fourth-order valence-corrected chi connectivity index (χ4v) is 1.96. The number of hydrogen-bond acceptors (Lipinski definition) is 5. The van der Waals surface area contributed by atoms with Crippen LogP contribution in [0.3, 0.4) is 0 Å². The molecule has 0 aromatic carbocycles. The lowest BCUT2D eigenvalue weighted by atomic mass is 10.7. The molecule has 0 atom stereocenters. The van der Waals surface area contributed by atoms with Crippen LogP contribution in [-0.4, -0.2) is 56.5 Å². The standard InChI is InChI=1S/C8H17Cl2O5P/c9-1-4-13-16(14-5-2-10)15-8-7-12-6-3-11/h11H,1-8H2. The number of hydrogen-bond donors (Lipinski definition) is 1. The average Bonchev–Trinajstić information content (AvgIpc) is 2.31. The topological polar surface area (TPSA) is 57.2 Å². The highest BCUT2D eigenvalue weighted by atomic mass is 35.5. The summed E-state index contributed by atoms with van der Waals surface area (Å²) in [5.74, 6) is 0.765. The summed E-state index contributed by atoms with van der Waals surface area (Å²) < 4.78 is 20.8. The number of halogens is 2. The summed E-state index contributed by atoms with van der Waals surface area (Å²) in [7, 11) is -1.40. The van der Waals surface area contributed by atoms with Crippen LogP contribution in [0.5, 0.6) is 0 Å². The monoisotopic (exact) mass is 294 g/mol. The van der Waals surface area contributed by atoms with E-state index in [9.17, 15) is 0 Å². The zero-order valence-corrected chi connectivity index (χ0v) is 11.3. The van der Waals surface area contributed by atoms with E-state index < -0.39 is 8.60 Å². The lowest BCUT2D eigenvalue weighted by molar-refractivity contribution is 0.0620. The van der Waals surface area contributed by atoms with Crippen molar-refractivity contribution in [2.24, 2.45) is 0 Å². The minimum Gasteiger partial charge on any atom is -0.394 e. The number of aliphatic hydroxyl groups excluding tert-OH is 1. The van der Waals surface area contributed by atoms with E-state index in [0.29, 0.717) is 44.8 Å². The minimum atomic E-state index is -1.40. The van der Waals surface area contributed by atoms with Gasteiger partial charge in [0.05, 0.1) is 39.6 Å². The van der Waals surface area contributed by atoms with E-state index in [1.54, 1.807) is 0 Å². The summed E-state index contributed by atoms with van der Waals surface area (Å²) >= 11 is 11.0. The third-order valence-corrected chi connectivity index (χ3v) is 2.70. The molecule has 0 saturated heterocycles. The van der Waals surface area contributed by atoms with Gasteiger partial charge in [0.1, 0.15) is 0 Å². The van der Waals surface area contributed by atoms with E-state index in [1.807, 2.05) is 0 Å². The average molecular weight is 295 g/mol. The van der Waals surface area contributed by atoms with Crippen molar-refractivity contribution in [1.82, 2.24) is 0 Å². The molecular weight excluding hydrogens is 278 g/mol. The van der Waals surface area contributed by atoms with Crippen molar-refractivity contribution in [2.75, 3.05) is 51.4 Å². The molecule has 0 aliphatic rings. The smallest absolute Gasteiger partial charge is 0.332 e. The van der Waals surface area contributed by atoms with Crippen LogP contribution in [-0.2, 0) is 18.3 Å². The summed E-state index contributed by atoms with van der Waals surface area (Å²) in [6.45, 7) is 1.76. The Labute approximate surface area is 107 Å². The molecule has 0 aliphatic heterocycles. The first-order valence-corrected chi connectivity index (χ1v) is 7.01. The van der Waals surface area contributed by atoms with Gasteiger partial charge in [-0.15, -0.1) is 23.2 Å². The van der Waals surface area contributed by atoms with Crippen molar-refractivity contribution in [3.8, 4) is 0 Å². The maximum Gasteiger partial charge on any atom is 0.332 e. The molecule has 0 aromatic rings. The molecule has 16 heavy (non-hydrogen) atoms. The second-order valence-electron chi connectivity index (χ2n) is 2.44. The molecule has 0 rings (SSSR count). The van der Waals surface area contributed by atoms with E-state index in [4.69, 9.17) is 46.6 Å². The first-order chi connectivity index (χ1) is 7.85. The molecule has 0 radical (unpaired) electrons. The predicted octanol–water partition coefficient (Wildman–Crippen LogP) is 1.75. The van der Waals surface area contributed by atoms with Crippen LogP contribution in [0.25, 0.3) is 0 Å². The van der Waals surface area contributed by atoms with E-state index in [2.05, 4.69) is 0 Å². The lowest BCUT2D eigenvalue weighted by Crippen LogP contribution is -2.07. The summed E-state index contributed by atoms with van der Waals surface area (Å²) in [6.07, 6.45) is 0. The second-order valence-corrected chi connectivity index (χ2v) is 4.41. The van der Waals surface area contributed by atoms with Gasteiger partial charge in [-0.25, -0.2) is 0 Å². The van der Waals surface area contributed by atoms with E-state index in [-0.39, 0.29) is 6.61 Å². The molecule has 0 aliphatic carbocycles. The summed E-state index contributed by atoms with van der Waals surface area (Å²) in [4.78, 5) is 0. The third kappa shape index (κ3) is 11.3. The van der Waals surface area contributed by atoms with Gasteiger partial charge >= 0.3 is 8.60 Å². The van der Waals surface area contributed by atoms with Crippen LogP contribution in [0, 0.1) is 0 Å². The second kappa shape index (κ2) is 13.9. The molecule has 98 valence electrons. The number of aliphatic hydroxyl groups is 1. The fraction of sp³-hybridized carbons (Fsp3) is 1.00. The minimum absolute atomic E-state index is 0.000256. The van der Waals surface area contributed by atoms with E-state index >= 15 is 0 Å². The van der Waals surface area contributed by atoms with Crippen LogP contribution < -0.4 is 0 Å².